The number of hydrogen-bond donors (Lipinski definition) is 3. The molecular formula is C21H25N5O2S. The highest BCUT2D eigenvalue weighted by Gasteiger charge is 2.12. The molecule has 2 aromatic carbocycles. The Kier molecular flexibility index (Phi) is 6.46. The molecule has 3 N–H and O–H groups in total. The predicted molar refractivity (Wildman–Crippen MR) is 116 cm³/mol. The second kappa shape index (κ2) is 9.02. The van der Waals surface area contributed by atoms with Gasteiger partial charge in [-0.1, -0.05) is 35.4 Å². The third-order valence-corrected chi connectivity index (χ3v) is 5.69. The number of rotatable bonds is 8. The number of hydrogen-bond acceptors (Lipinski definition) is 6. The minimum atomic E-state index is -3.54. The van der Waals surface area contributed by atoms with Crippen LogP contribution in [-0.4, -0.2) is 31.5 Å². The van der Waals surface area contributed by atoms with E-state index < -0.39 is 10.0 Å². The molecule has 0 bridgehead atoms. The first kappa shape index (κ1) is 20.8. The first-order chi connectivity index (χ1) is 13.8. The van der Waals surface area contributed by atoms with Crippen molar-refractivity contribution in [3.05, 3.63) is 71.4 Å². The molecule has 29 heavy (non-hydrogen) atoms. The van der Waals surface area contributed by atoms with E-state index in [1.165, 1.54) is 5.56 Å². The molecule has 0 aliphatic carbocycles. The summed E-state index contributed by atoms with van der Waals surface area (Å²) >= 11 is 0. The number of anilines is 3. The van der Waals surface area contributed by atoms with Crippen LogP contribution in [0.15, 0.2) is 59.5 Å². The molecule has 7 nitrogen and oxygen atoms in total. The molecule has 0 fully saturated rings. The Morgan fingerprint density at radius 1 is 0.828 bits per heavy atom. The largest absolute Gasteiger partial charge is 0.353 e. The number of aromatic nitrogens is 2. The molecular weight excluding hydrogens is 386 g/mol. The van der Waals surface area contributed by atoms with Crippen LogP contribution in [0.5, 0.6) is 0 Å². The zero-order valence-corrected chi connectivity index (χ0v) is 17.5. The maximum atomic E-state index is 12.3. The van der Waals surface area contributed by atoms with Gasteiger partial charge in [0.15, 0.2) is 0 Å². The zero-order chi connectivity index (χ0) is 20.9. The highest BCUT2D eigenvalue weighted by Crippen LogP contribution is 2.17. The molecule has 0 radical (unpaired) electrons. The Morgan fingerprint density at radius 3 is 2.10 bits per heavy atom. The lowest BCUT2D eigenvalue weighted by Crippen LogP contribution is -2.29. The highest BCUT2D eigenvalue weighted by atomic mass is 32.2. The number of sulfonamides is 1. The van der Waals surface area contributed by atoms with Gasteiger partial charge >= 0.3 is 0 Å². The summed E-state index contributed by atoms with van der Waals surface area (Å²) in [5.41, 5.74) is 3.94. The van der Waals surface area contributed by atoms with E-state index in [-0.39, 0.29) is 11.4 Å². The Hall–Kier alpha value is -2.97. The number of nitrogens with one attached hydrogen (secondary N) is 3. The first-order valence-corrected chi connectivity index (χ1v) is 10.8. The Bertz CT molecular complexity index is 1070. The zero-order valence-electron chi connectivity index (χ0n) is 16.7. The van der Waals surface area contributed by atoms with Crippen LogP contribution in [0, 0.1) is 20.8 Å². The average Bonchev–Trinajstić information content (AvgIpc) is 2.67. The standard InChI is InChI=1S/C21H25N5O2S/c1-15-4-8-18(9-5-15)25-20-14-17(3)24-21(26-20)22-12-13-23-29(27,28)19-10-6-16(2)7-11-19/h4-11,14,23H,12-13H2,1-3H3,(H2,22,24,25,26). The maximum Gasteiger partial charge on any atom is 0.240 e. The van der Waals surface area contributed by atoms with Crippen LogP contribution in [0.4, 0.5) is 17.5 Å². The minimum absolute atomic E-state index is 0.217. The van der Waals surface area contributed by atoms with Crippen molar-refractivity contribution in [3.8, 4) is 0 Å². The van der Waals surface area contributed by atoms with Crippen molar-refractivity contribution in [1.82, 2.24) is 14.7 Å². The SMILES string of the molecule is Cc1ccc(Nc2cc(C)nc(NCCNS(=O)(=O)c3ccc(C)cc3)n2)cc1. The van der Waals surface area contributed by atoms with Crippen molar-refractivity contribution in [2.45, 2.75) is 25.7 Å². The van der Waals surface area contributed by atoms with E-state index in [0.29, 0.717) is 18.3 Å². The van der Waals surface area contributed by atoms with Gasteiger partial charge in [0, 0.05) is 30.5 Å². The molecule has 3 rings (SSSR count). The number of aryl methyl sites for hydroxylation is 3. The van der Waals surface area contributed by atoms with Crippen LogP contribution in [0.2, 0.25) is 0 Å². The average molecular weight is 412 g/mol. The van der Waals surface area contributed by atoms with Crippen molar-refractivity contribution in [2.75, 3.05) is 23.7 Å². The topological polar surface area (TPSA) is 96.0 Å². The minimum Gasteiger partial charge on any atom is -0.353 e. The molecule has 0 amide bonds. The highest BCUT2D eigenvalue weighted by molar-refractivity contribution is 7.89. The molecule has 8 heteroatoms. The Balaban J connectivity index is 1.57. The van der Waals surface area contributed by atoms with Crippen molar-refractivity contribution in [1.29, 1.82) is 0 Å². The molecule has 152 valence electrons. The lowest BCUT2D eigenvalue weighted by atomic mass is 10.2. The van der Waals surface area contributed by atoms with E-state index in [1.54, 1.807) is 24.3 Å². The molecule has 0 saturated heterocycles. The number of benzene rings is 2. The second-order valence-electron chi connectivity index (χ2n) is 6.85. The normalized spacial score (nSPS) is 11.3. The van der Waals surface area contributed by atoms with Crippen LogP contribution < -0.4 is 15.4 Å². The van der Waals surface area contributed by atoms with E-state index in [2.05, 4.69) is 25.3 Å². The van der Waals surface area contributed by atoms with Gasteiger partial charge in [0.2, 0.25) is 16.0 Å². The predicted octanol–water partition coefficient (Wildman–Crippen LogP) is 3.54. The second-order valence-corrected chi connectivity index (χ2v) is 8.61. The van der Waals surface area contributed by atoms with Gasteiger partial charge in [-0.2, -0.15) is 4.98 Å². The summed E-state index contributed by atoms with van der Waals surface area (Å²) in [4.78, 5) is 9.04. The van der Waals surface area contributed by atoms with Gasteiger partial charge in [-0.15, -0.1) is 0 Å². The molecule has 0 atom stereocenters. The summed E-state index contributed by atoms with van der Waals surface area (Å²) in [5.74, 6) is 1.11. The smallest absolute Gasteiger partial charge is 0.240 e. The lowest BCUT2D eigenvalue weighted by molar-refractivity contribution is 0.583. The molecule has 0 spiro atoms. The van der Waals surface area contributed by atoms with Gasteiger partial charge in [0.05, 0.1) is 4.90 Å². The third kappa shape index (κ3) is 6.00. The molecule has 0 unspecified atom stereocenters. The molecule has 3 aromatic rings. The molecule has 1 aromatic heterocycles. The fraction of sp³-hybridized carbons (Fsp3) is 0.238. The molecule has 0 aliphatic heterocycles. The Labute approximate surface area is 171 Å². The summed E-state index contributed by atoms with van der Waals surface area (Å²) in [6, 6.07) is 16.6. The summed E-state index contributed by atoms with van der Waals surface area (Å²) in [5, 5.41) is 6.32. The summed E-state index contributed by atoms with van der Waals surface area (Å²) in [7, 11) is -3.54. The molecule has 0 saturated carbocycles. The van der Waals surface area contributed by atoms with Crippen LogP contribution >= 0.6 is 0 Å². The van der Waals surface area contributed by atoms with Crippen LogP contribution in [0.25, 0.3) is 0 Å². The van der Waals surface area contributed by atoms with Gasteiger partial charge < -0.3 is 10.6 Å². The quantitative estimate of drug-likeness (QED) is 0.491. The summed E-state index contributed by atoms with van der Waals surface area (Å²) in [6.45, 7) is 6.41. The lowest BCUT2D eigenvalue weighted by Gasteiger charge is -2.11. The van der Waals surface area contributed by atoms with Gasteiger partial charge in [-0.05, 0) is 45.0 Å². The molecule has 0 aliphatic rings. The van der Waals surface area contributed by atoms with Crippen molar-refractivity contribution in [3.63, 3.8) is 0 Å². The van der Waals surface area contributed by atoms with Crippen molar-refractivity contribution >= 4 is 27.5 Å². The van der Waals surface area contributed by atoms with E-state index in [1.807, 2.05) is 51.1 Å². The van der Waals surface area contributed by atoms with Crippen LogP contribution in [0.3, 0.4) is 0 Å². The first-order valence-electron chi connectivity index (χ1n) is 9.31. The third-order valence-electron chi connectivity index (χ3n) is 4.21. The fourth-order valence-electron chi connectivity index (χ4n) is 2.66. The maximum absolute atomic E-state index is 12.3. The van der Waals surface area contributed by atoms with Gasteiger partial charge in [-0.3, -0.25) is 0 Å². The van der Waals surface area contributed by atoms with Gasteiger partial charge in [0.1, 0.15) is 5.82 Å². The molecule has 1 heterocycles. The monoisotopic (exact) mass is 411 g/mol. The summed E-state index contributed by atoms with van der Waals surface area (Å²) in [6.07, 6.45) is 0. The van der Waals surface area contributed by atoms with Crippen LogP contribution in [0.1, 0.15) is 16.8 Å². The van der Waals surface area contributed by atoms with E-state index >= 15 is 0 Å². The van der Waals surface area contributed by atoms with Crippen molar-refractivity contribution in [2.24, 2.45) is 0 Å². The van der Waals surface area contributed by atoms with Gasteiger partial charge in [-0.25, -0.2) is 18.1 Å². The van der Waals surface area contributed by atoms with Crippen LogP contribution in [-0.2, 0) is 10.0 Å². The van der Waals surface area contributed by atoms with Gasteiger partial charge in [0.25, 0.3) is 0 Å². The summed E-state index contributed by atoms with van der Waals surface area (Å²) < 4.78 is 27.2. The Morgan fingerprint density at radius 2 is 1.45 bits per heavy atom. The number of nitrogens with zero attached hydrogens (tertiary/aromatic N) is 2. The van der Waals surface area contributed by atoms with Crippen molar-refractivity contribution < 1.29 is 8.42 Å². The fourth-order valence-corrected chi connectivity index (χ4v) is 3.69. The van der Waals surface area contributed by atoms with E-state index in [9.17, 15) is 8.42 Å². The van der Waals surface area contributed by atoms with E-state index in [4.69, 9.17) is 0 Å². The van der Waals surface area contributed by atoms with E-state index in [0.717, 1.165) is 16.9 Å².